The Morgan fingerprint density at radius 1 is 0.518 bits per heavy atom. The van der Waals surface area contributed by atoms with Gasteiger partial charge in [0.15, 0.2) is 0 Å². The van der Waals surface area contributed by atoms with Crippen LogP contribution in [-0.4, -0.2) is 16.5 Å². The fraction of sp³-hybridized carbons (Fsp3) is 0.167. The van der Waals surface area contributed by atoms with E-state index in [1.165, 1.54) is 24.3 Å². The molecule has 5 aromatic carbocycles. The molecule has 0 bridgehead atoms. The molecule has 282 valence electrons. The third-order valence-corrected chi connectivity index (χ3v) is 10.2. The summed E-state index contributed by atoms with van der Waals surface area (Å²) >= 11 is 0. The van der Waals surface area contributed by atoms with Gasteiger partial charge in [0.2, 0.25) is 0 Å². The molecule has 0 radical (unpaired) electrons. The molecule has 4 nitrogen and oxygen atoms in total. The number of rotatable bonds is 12. The average molecular weight is 751 g/mol. The molecule has 7 aromatic rings. The van der Waals surface area contributed by atoms with Gasteiger partial charge in [-0.3, -0.25) is 9.97 Å². The van der Waals surface area contributed by atoms with E-state index in [4.69, 9.17) is 9.97 Å². The van der Waals surface area contributed by atoms with Gasteiger partial charge in [0.1, 0.15) is 23.3 Å². The van der Waals surface area contributed by atoms with Gasteiger partial charge in [-0.25, -0.2) is 17.6 Å². The van der Waals surface area contributed by atoms with E-state index in [1.54, 1.807) is 6.07 Å². The summed E-state index contributed by atoms with van der Waals surface area (Å²) in [5.74, 6) is -2.56. The summed E-state index contributed by atoms with van der Waals surface area (Å²) in [5.41, 5.74) is 5.12. The number of aromatic nitrogens is 2. The zero-order chi connectivity index (χ0) is 39.4. The van der Waals surface area contributed by atoms with Crippen molar-refractivity contribution < 1.29 is 17.6 Å². The normalized spacial score (nSPS) is 12.0. The number of halogens is 4. The third kappa shape index (κ3) is 8.05. The number of para-hydroxylation sites is 3. The standard InChI is InChI=1S/C48H42F4N4/c1-5-32(2)31-55(35-15-9-6-10-16-35)38-27-44(40-23-21-33(49)25-42(40)51)53-46(29-38)48(3,4)47-30-39(28-45(54-47)41-24-22-34(50)26-43(41)52)56(36-17-11-7-12-18-36)37-19-13-8-14-20-37/h6-30,32H,5,31H2,1-4H3. The summed E-state index contributed by atoms with van der Waals surface area (Å²) in [5, 5.41) is 0. The predicted octanol–water partition coefficient (Wildman–Crippen LogP) is 13.3. The van der Waals surface area contributed by atoms with Crippen LogP contribution in [0.25, 0.3) is 22.5 Å². The second-order valence-electron chi connectivity index (χ2n) is 14.5. The number of benzene rings is 5. The van der Waals surface area contributed by atoms with Crippen molar-refractivity contribution in [3.05, 3.63) is 186 Å². The summed E-state index contributed by atoms with van der Waals surface area (Å²) in [6, 6.07) is 44.1. The molecule has 0 saturated heterocycles. The highest BCUT2D eigenvalue weighted by molar-refractivity contribution is 5.80. The lowest BCUT2D eigenvalue weighted by Crippen LogP contribution is -2.27. The average Bonchev–Trinajstić information content (AvgIpc) is 3.21. The first-order valence-electron chi connectivity index (χ1n) is 18.7. The maximum atomic E-state index is 15.6. The molecule has 1 atom stereocenters. The van der Waals surface area contributed by atoms with Crippen LogP contribution >= 0.6 is 0 Å². The van der Waals surface area contributed by atoms with Gasteiger partial charge in [-0.1, -0.05) is 74.9 Å². The number of hydrogen-bond donors (Lipinski definition) is 0. The smallest absolute Gasteiger partial charge is 0.135 e. The van der Waals surface area contributed by atoms with Crippen LogP contribution in [0.5, 0.6) is 0 Å². The minimum atomic E-state index is -0.986. The van der Waals surface area contributed by atoms with Crippen LogP contribution < -0.4 is 9.80 Å². The van der Waals surface area contributed by atoms with E-state index in [2.05, 4.69) is 23.6 Å². The number of nitrogens with zero attached hydrogens (tertiary/aromatic N) is 4. The van der Waals surface area contributed by atoms with Gasteiger partial charge in [-0.05, 0) is 105 Å². The van der Waals surface area contributed by atoms with E-state index in [-0.39, 0.29) is 11.1 Å². The van der Waals surface area contributed by atoms with Crippen LogP contribution in [0.15, 0.2) is 152 Å². The van der Waals surface area contributed by atoms with Crippen molar-refractivity contribution in [2.75, 3.05) is 16.3 Å². The molecule has 0 N–H and O–H groups in total. The molecule has 0 saturated carbocycles. The van der Waals surface area contributed by atoms with Crippen molar-refractivity contribution in [3.8, 4) is 22.5 Å². The van der Waals surface area contributed by atoms with Gasteiger partial charge in [0.05, 0.1) is 28.5 Å². The Bertz CT molecular complexity index is 2400. The Kier molecular flexibility index (Phi) is 11.0. The first-order valence-corrected chi connectivity index (χ1v) is 18.7. The minimum Gasteiger partial charge on any atom is -0.341 e. The highest BCUT2D eigenvalue weighted by Gasteiger charge is 2.31. The van der Waals surface area contributed by atoms with Crippen LogP contribution in [0.2, 0.25) is 0 Å². The van der Waals surface area contributed by atoms with Gasteiger partial charge in [-0.15, -0.1) is 0 Å². The van der Waals surface area contributed by atoms with Crippen molar-refractivity contribution in [1.82, 2.24) is 9.97 Å². The minimum absolute atomic E-state index is 0.131. The van der Waals surface area contributed by atoms with Crippen LogP contribution in [0.3, 0.4) is 0 Å². The van der Waals surface area contributed by atoms with Crippen molar-refractivity contribution in [3.63, 3.8) is 0 Å². The molecule has 2 aromatic heterocycles. The summed E-state index contributed by atoms with van der Waals surface area (Å²) in [6.07, 6.45) is 0.935. The molecule has 0 amide bonds. The summed E-state index contributed by atoms with van der Waals surface area (Å²) < 4.78 is 59.7. The maximum Gasteiger partial charge on any atom is 0.135 e. The third-order valence-electron chi connectivity index (χ3n) is 10.2. The largest absolute Gasteiger partial charge is 0.341 e. The van der Waals surface area contributed by atoms with Crippen molar-refractivity contribution in [2.45, 2.75) is 39.5 Å². The Morgan fingerprint density at radius 2 is 0.946 bits per heavy atom. The van der Waals surface area contributed by atoms with E-state index < -0.39 is 28.7 Å². The van der Waals surface area contributed by atoms with Crippen LogP contribution in [0, 0.1) is 29.2 Å². The van der Waals surface area contributed by atoms with Crippen LogP contribution in [0.4, 0.5) is 46.0 Å². The lowest BCUT2D eigenvalue weighted by Gasteiger charge is -2.32. The van der Waals surface area contributed by atoms with E-state index in [9.17, 15) is 8.78 Å². The topological polar surface area (TPSA) is 32.3 Å². The molecule has 56 heavy (non-hydrogen) atoms. The first-order chi connectivity index (χ1) is 27.0. The molecule has 7 rings (SSSR count). The highest BCUT2D eigenvalue weighted by atomic mass is 19.1. The molecule has 0 fully saturated rings. The van der Waals surface area contributed by atoms with Gasteiger partial charge < -0.3 is 9.80 Å². The molecular weight excluding hydrogens is 709 g/mol. The summed E-state index contributed by atoms with van der Waals surface area (Å²) in [7, 11) is 0. The van der Waals surface area contributed by atoms with E-state index >= 15 is 8.78 Å². The molecule has 2 heterocycles. The van der Waals surface area contributed by atoms with E-state index in [0.717, 1.165) is 41.3 Å². The van der Waals surface area contributed by atoms with Crippen molar-refractivity contribution in [1.29, 1.82) is 0 Å². The molecule has 0 aliphatic carbocycles. The Morgan fingerprint density at radius 3 is 1.39 bits per heavy atom. The molecule has 0 spiro atoms. The predicted molar refractivity (Wildman–Crippen MR) is 219 cm³/mol. The zero-order valence-electron chi connectivity index (χ0n) is 31.7. The van der Waals surface area contributed by atoms with Gasteiger partial charge in [0.25, 0.3) is 0 Å². The number of anilines is 5. The van der Waals surface area contributed by atoms with Crippen LogP contribution in [-0.2, 0) is 5.41 Å². The van der Waals surface area contributed by atoms with E-state index in [0.29, 0.717) is 40.9 Å². The SMILES string of the molecule is CCC(C)CN(c1ccccc1)c1cc(-c2ccc(F)cc2F)nc(C(C)(C)c2cc(N(c3ccccc3)c3ccccc3)cc(-c3ccc(F)cc3F)n2)c1. The number of pyridine rings is 2. The maximum absolute atomic E-state index is 15.6. The molecule has 0 aliphatic heterocycles. The fourth-order valence-corrected chi connectivity index (χ4v) is 6.77. The summed E-state index contributed by atoms with van der Waals surface area (Å²) in [6.45, 7) is 8.93. The number of hydrogen-bond acceptors (Lipinski definition) is 4. The monoisotopic (exact) mass is 750 g/mol. The second-order valence-corrected chi connectivity index (χ2v) is 14.5. The summed E-state index contributed by atoms with van der Waals surface area (Å²) in [4.78, 5) is 14.4. The first kappa shape index (κ1) is 38.0. The lowest BCUT2D eigenvalue weighted by atomic mass is 9.83. The lowest BCUT2D eigenvalue weighted by molar-refractivity contribution is 0.566. The highest BCUT2D eigenvalue weighted by Crippen LogP contribution is 2.42. The van der Waals surface area contributed by atoms with E-state index in [1.807, 2.05) is 123 Å². The van der Waals surface area contributed by atoms with Gasteiger partial charge >= 0.3 is 0 Å². The van der Waals surface area contributed by atoms with Crippen molar-refractivity contribution in [2.24, 2.45) is 5.92 Å². The van der Waals surface area contributed by atoms with Crippen molar-refractivity contribution >= 4 is 28.4 Å². The second kappa shape index (κ2) is 16.2. The molecular formula is C48H42F4N4. The Labute approximate surface area is 325 Å². The molecule has 1 unspecified atom stereocenters. The molecule has 0 aliphatic rings. The van der Waals surface area contributed by atoms with Crippen LogP contribution in [0.1, 0.15) is 45.5 Å². The van der Waals surface area contributed by atoms with Gasteiger partial charge in [0, 0.05) is 58.0 Å². The quantitative estimate of drug-likeness (QED) is 0.116. The zero-order valence-corrected chi connectivity index (χ0v) is 31.7. The Balaban J connectivity index is 1.49. The Hall–Kier alpha value is -6.28. The van der Waals surface area contributed by atoms with Gasteiger partial charge in [-0.2, -0.15) is 0 Å². The molecule has 8 heteroatoms. The fourth-order valence-electron chi connectivity index (χ4n) is 6.77.